The minimum atomic E-state index is -0.423. The van der Waals surface area contributed by atoms with Crippen LogP contribution in [-0.2, 0) is 11.3 Å². The lowest BCUT2D eigenvalue weighted by Crippen LogP contribution is -2.39. The quantitative estimate of drug-likeness (QED) is 0.601. The van der Waals surface area contributed by atoms with Crippen LogP contribution in [0.5, 0.6) is 0 Å². The van der Waals surface area contributed by atoms with Crippen molar-refractivity contribution in [1.29, 1.82) is 0 Å². The number of hydrogen-bond acceptors (Lipinski definition) is 6. The Morgan fingerprint density at radius 3 is 3.17 bits per heavy atom. The van der Waals surface area contributed by atoms with Crippen molar-refractivity contribution in [3.63, 3.8) is 0 Å². The van der Waals surface area contributed by atoms with Crippen molar-refractivity contribution in [1.82, 2.24) is 9.88 Å². The summed E-state index contributed by atoms with van der Waals surface area (Å²) in [6.07, 6.45) is 3.49. The normalized spacial score (nSPS) is 19.3. The van der Waals surface area contributed by atoms with E-state index >= 15 is 0 Å². The van der Waals surface area contributed by atoms with E-state index in [1.807, 2.05) is 0 Å². The number of fused-ring (bicyclic) bond motifs is 1. The lowest BCUT2D eigenvalue weighted by Gasteiger charge is -2.31. The number of rotatable bonds is 6. The average Bonchev–Trinajstić information content (AvgIpc) is 2.94. The molecule has 1 aliphatic rings. The van der Waals surface area contributed by atoms with Crippen molar-refractivity contribution in [2.75, 3.05) is 19.7 Å². The highest BCUT2D eigenvalue weighted by Gasteiger charge is 2.22. The molecule has 124 valence electrons. The van der Waals surface area contributed by atoms with Gasteiger partial charge in [-0.05, 0) is 31.9 Å². The van der Waals surface area contributed by atoms with E-state index in [1.54, 1.807) is 6.07 Å². The van der Waals surface area contributed by atoms with E-state index in [2.05, 4.69) is 16.8 Å². The molecule has 2 aromatic rings. The molecule has 0 saturated carbocycles. The zero-order valence-corrected chi connectivity index (χ0v) is 13.2. The van der Waals surface area contributed by atoms with Gasteiger partial charge in [0.25, 0.3) is 5.69 Å². The number of aromatic nitrogens is 1. The van der Waals surface area contributed by atoms with Gasteiger partial charge in [0.15, 0.2) is 5.58 Å². The van der Waals surface area contributed by atoms with Crippen LogP contribution in [0.15, 0.2) is 22.6 Å². The number of piperidine rings is 1. The highest BCUT2D eigenvalue weighted by atomic mass is 16.6. The fourth-order valence-corrected chi connectivity index (χ4v) is 2.91. The van der Waals surface area contributed by atoms with Crippen LogP contribution in [0.25, 0.3) is 11.1 Å². The maximum Gasteiger partial charge on any atom is 0.271 e. The summed E-state index contributed by atoms with van der Waals surface area (Å²) >= 11 is 0. The van der Waals surface area contributed by atoms with Gasteiger partial charge < -0.3 is 9.15 Å². The molecule has 1 saturated heterocycles. The highest BCUT2D eigenvalue weighted by molar-refractivity contribution is 5.75. The molecule has 1 aliphatic heterocycles. The second-order valence-electron chi connectivity index (χ2n) is 5.89. The number of nitro groups is 1. The third-order valence-corrected chi connectivity index (χ3v) is 4.01. The lowest BCUT2D eigenvalue weighted by atomic mass is 10.1. The molecule has 0 spiro atoms. The van der Waals surface area contributed by atoms with Gasteiger partial charge in [-0.2, -0.15) is 0 Å². The Morgan fingerprint density at radius 1 is 1.52 bits per heavy atom. The van der Waals surface area contributed by atoms with Crippen molar-refractivity contribution in [2.45, 2.75) is 38.8 Å². The molecular formula is C16H21N3O4. The number of non-ortho nitro benzene ring substituents is 1. The van der Waals surface area contributed by atoms with Crippen LogP contribution in [0, 0.1) is 10.1 Å². The Bertz CT molecular complexity index is 685. The van der Waals surface area contributed by atoms with Crippen molar-refractivity contribution in [3.05, 3.63) is 34.2 Å². The van der Waals surface area contributed by atoms with Crippen molar-refractivity contribution in [3.8, 4) is 0 Å². The standard InChI is InChI=1S/C16H21N3O4/c1-2-8-22-13-4-3-7-18(10-13)11-16-17-14-9-12(19(20)21)5-6-15(14)23-16/h5-6,9,13H,2-4,7-8,10-11H2,1H3/t13-/m1/s1. The fraction of sp³-hybridized carbons (Fsp3) is 0.562. The summed E-state index contributed by atoms with van der Waals surface area (Å²) < 4.78 is 11.5. The maximum absolute atomic E-state index is 10.8. The van der Waals surface area contributed by atoms with Crippen LogP contribution in [-0.4, -0.2) is 40.6 Å². The van der Waals surface area contributed by atoms with E-state index < -0.39 is 4.92 Å². The smallest absolute Gasteiger partial charge is 0.271 e. The molecule has 2 heterocycles. The second kappa shape index (κ2) is 7.06. The molecular weight excluding hydrogens is 298 g/mol. The van der Waals surface area contributed by atoms with Crippen LogP contribution >= 0.6 is 0 Å². The van der Waals surface area contributed by atoms with E-state index in [0.717, 1.165) is 39.0 Å². The predicted octanol–water partition coefficient (Wildman–Crippen LogP) is 3.13. The summed E-state index contributed by atoms with van der Waals surface area (Å²) in [4.78, 5) is 17.0. The molecule has 7 nitrogen and oxygen atoms in total. The van der Waals surface area contributed by atoms with E-state index in [1.165, 1.54) is 12.1 Å². The lowest BCUT2D eigenvalue weighted by molar-refractivity contribution is -0.384. The van der Waals surface area contributed by atoms with Crippen LogP contribution in [0.4, 0.5) is 5.69 Å². The summed E-state index contributed by atoms with van der Waals surface area (Å²) in [6.45, 7) is 5.38. The molecule has 23 heavy (non-hydrogen) atoms. The summed E-state index contributed by atoms with van der Waals surface area (Å²) in [7, 11) is 0. The molecule has 0 N–H and O–H groups in total. The zero-order chi connectivity index (χ0) is 16.2. The van der Waals surface area contributed by atoms with Crippen LogP contribution in [0.1, 0.15) is 32.1 Å². The monoisotopic (exact) mass is 319 g/mol. The largest absolute Gasteiger partial charge is 0.439 e. The van der Waals surface area contributed by atoms with Gasteiger partial charge in [-0.15, -0.1) is 0 Å². The van der Waals surface area contributed by atoms with Gasteiger partial charge >= 0.3 is 0 Å². The van der Waals surface area contributed by atoms with E-state index in [0.29, 0.717) is 23.5 Å². The zero-order valence-electron chi connectivity index (χ0n) is 13.2. The first-order chi connectivity index (χ1) is 11.2. The van der Waals surface area contributed by atoms with E-state index in [4.69, 9.17) is 9.15 Å². The van der Waals surface area contributed by atoms with Gasteiger partial charge in [-0.1, -0.05) is 6.92 Å². The third kappa shape index (κ3) is 3.86. The minimum absolute atomic E-state index is 0.0309. The van der Waals surface area contributed by atoms with Gasteiger partial charge in [0.05, 0.1) is 17.6 Å². The molecule has 0 unspecified atom stereocenters. The molecule has 7 heteroatoms. The SMILES string of the molecule is CCCO[C@@H]1CCCN(Cc2nc3cc([N+](=O)[O-])ccc3o2)C1. The number of benzene rings is 1. The average molecular weight is 319 g/mol. The van der Waals surface area contributed by atoms with Crippen LogP contribution in [0.2, 0.25) is 0 Å². The third-order valence-electron chi connectivity index (χ3n) is 4.01. The van der Waals surface area contributed by atoms with Gasteiger partial charge in [0.2, 0.25) is 5.89 Å². The fourth-order valence-electron chi connectivity index (χ4n) is 2.91. The predicted molar refractivity (Wildman–Crippen MR) is 85.2 cm³/mol. The highest BCUT2D eigenvalue weighted by Crippen LogP contribution is 2.23. The van der Waals surface area contributed by atoms with E-state index in [-0.39, 0.29) is 11.8 Å². The first-order valence-electron chi connectivity index (χ1n) is 8.03. The van der Waals surface area contributed by atoms with Gasteiger partial charge in [-0.3, -0.25) is 15.0 Å². The first kappa shape index (κ1) is 15.9. The second-order valence-corrected chi connectivity index (χ2v) is 5.89. The Balaban J connectivity index is 1.67. The molecule has 0 radical (unpaired) electrons. The van der Waals surface area contributed by atoms with Crippen molar-refractivity contribution >= 4 is 16.8 Å². The number of likely N-dealkylation sites (tertiary alicyclic amines) is 1. The minimum Gasteiger partial charge on any atom is -0.439 e. The summed E-state index contributed by atoms with van der Waals surface area (Å²) in [5, 5.41) is 10.8. The molecule has 0 aliphatic carbocycles. The summed E-state index contributed by atoms with van der Waals surface area (Å²) in [6, 6.07) is 4.49. The first-order valence-corrected chi connectivity index (χ1v) is 8.03. The summed E-state index contributed by atoms with van der Waals surface area (Å²) in [5.41, 5.74) is 1.15. The molecule has 1 atom stereocenters. The van der Waals surface area contributed by atoms with Gasteiger partial charge in [0.1, 0.15) is 5.52 Å². The van der Waals surface area contributed by atoms with E-state index in [9.17, 15) is 10.1 Å². The Hall–Kier alpha value is -1.99. The molecule has 1 aromatic heterocycles. The Labute approximate surface area is 134 Å². The van der Waals surface area contributed by atoms with Gasteiger partial charge in [-0.25, -0.2) is 4.98 Å². The van der Waals surface area contributed by atoms with Gasteiger partial charge in [0, 0.05) is 25.3 Å². The Kier molecular flexibility index (Phi) is 4.88. The topological polar surface area (TPSA) is 81.6 Å². The number of oxazole rings is 1. The molecule has 0 amide bonds. The molecule has 1 fully saturated rings. The van der Waals surface area contributed by atoms with Crippen molar-refractivity contribution < 1.29 is 14.1 Å². The maximum atomic E-state index is 10.8. The molecule has 1 aromatic carbocycles. The number of hydrogen-bond donors (Lipinski definition) is 0. The summed E-state index contributed by atoms with van der Waals surface area (Å²) in [5.74, 6) is 0.594. The molecule has 3 rings (SSSR count). The Morgan fingerprint density at radius 2 is 2.39 bits per heavy atom. The van der Waals surface area contributed by atoms with Crippen LogP contribution < -0.4 is 0 Å². The number of nitrogens with zero attached hydrogens (tertiary/aromatic N) is 3. The van der Waals surface area contributed by atoms with Crippen LogP contribution in [0.3, 0.4) is 0 Å². The number of ether oxygens (including phenoxy) is 1. The van der Waals surface area contributed by atoms with Crippen molar-refractivity contribution in [2.24, 2.45) is 0 Å². The molecule has 0 bridgehead atoms. The number of nitro benzene ring substituents is 1.